The van der Waals surface area contributed by atoms with Gasteiger partial charge < -0.3 is 88.2 Å². The zero-order chi connectivity index (χ0) is 75.0. The fraction of sp³-hybridized carbons (Fsp3) is 0.723. The SMILES string of the molecule is CC(=O)CCc1cn(CCCOCCNCC(=O)CN(C)C(=O)CN(C)C(=O)CCOCCN(CCOCCC(=O)N(C)CC(=O)N(C)CC(=O)NCCOCCn2cc(CCC(C)=O)nn2)CCOCCC(=O)N(C)CC(=O)N(C)CC(=O)NCCOCCn2cc(CCC(C)=O)nn2)nn1. The molecule has 3 aromatic heterocycles. The summed E-state index contributed by atoms with van der Waals surface area (Å²) >= 11 is 0. The minimum atomic E-state index is -0.450. The lowest BCUT2D eigenvalue weighted by Gasteiger charge is -2.23. The highest BCUT2D eigenvalue weighted by Gasteiger charge is 2.22. The molecule has 0 saturated heterocycles. The van der Waals surface area contributed by atoms with Crippen molar-refractivity contribution in [1.29, 1.82) is 0 Å². The molecular formula is C65H109N19O18. The van der Waals surface area contributed by atoms with Crippen LogP contribution in [0.3, 0.4) is 0 Å². The van der Waals surface area contributed by atoms with E-state index in [1.54, 1.807) is 26.4 Å². The van der Waals surface area contributed by atoms with E-state index in [4.69, 9.17) is 28.4 Å². The second-order valence-electron chi connectivity index (χ2n) is 24.6. The van der Waals surface area contributed by atoms with Crippen molar-refractivity contribution in [3.63, 3.8) is 0 Å². The van der Waals surface area contributed by atoms with Crippen LogP contribution >= 0.6 is 0 Å². The van der Waals surface area contributed by atoms with Crippen molar-refractivity contribution in [3.05, 3.63) is 35.7 Å². The highest BCUT2D eigenvalue weighted by Crippen LogP contribution is 2.05. The van der Waals surface area contributed by atoms with Gasteiger partial charge in [-0.15, -0.1) is 15.3 Å². The van der Waals surface area contributed by atoms with Crippen LogP contribution in [-0.2, 0) is 125 Å². The van der Waals surface area contributed by atoms with E-state index in [9.17, 15) is 57.5 Å². The van der Waals surface area contributed by atoms with E-state index in [1.807, 2.05) is 11.1 Å². The molecule has 0 aromatic carbocycles. The maximum atomic E-state index is 13.0. The standard InChI is InChI=1S/C65H109N19O18/c1-51(85)11-14-54-42-82(72-69-54)23-10-29-97-33-20-66-41-57(88)45-75(4)63(94)48-78(7)60(91)17-30-98-36-24-81(25-37-99-31-18-61(92)79(8)49-64(95)76(5)46-58(89)67-21-34-101-39-27-83-43-55(70-73-83)15-12-52(2)86)26-38-100-32-19-62(93)80(9)50-65(96)77(6)47-59(90)68-22-35-102-40-28-84-44-56(71-74-84)16-13-53(3)87/h42-44,66H,10-41,45-50H2,1-9H3,(H,67,89)(H,68,90). The summed E-state index contributed by atoms with van der Waals surface area (Å²) in [6.45, 7) is 9.26. The number of Topliss-reactive ketones (excluding diaryl/α,β-unsaturated/α-hetero) is 4. The number of carbonyl (C=O) groups excluding carboxylic acids is 12. The molecule has 0 bridgehead atoms. The van der Waals surface area contributed by atoms with Gasteiger partial charge in [-0.25, -0.2) is 9.36 Å². The summed E-state index contributed by atoms with van der Waals surface area (Å²) in [7, 11) is 8.86. The first-order valence-electron chi connectivity index (χ1n) is 34.3. The Morgan fingerprint density at radius 3 is 1.06 bits per heavy atom. The predicted octanol–water partition coefficient (Wildman–Crippen LogP) is -3.47. The van der Waals surface area contributed by atoms with E-state index in [1.165, 1.54) is 92.5 Å². The van der Waals surface area contributed by atoms with Gasteiger partial charge >= 0.3 is 0 Å². The molecule has 8 amide bonds. The molecule has 0 unspecified atom stereocenters. The number of carbonyl (C=O) groups is 12. The summed E-state index contributed by atoms with van der Waals surface area (Å²) < 4.78 is 39.2. The predicted molar refractivity (Wildman–Crippen MR) is 367 cm³/mol. The average molecular weight is 1440 g/mol. The van der Waals surface area contributed by atoms with E-state index in [0.29, 0.717) is 129 Å². The molecule has 37 nitrogen and oxygen atoms in total. The number of rotatable bonds is 60. The number of amides is 8. The van der Waals surface area contributed by atoms with Crippen LogP contribution in [0.2, 0.25) is 0 Å². The molecule has 0 atom stereocenters. The van der Waals surface area contributed by atoms with Crippen LogP contribution in [0.4, 0.5) is 0 Å². The molecule has 0 saturated carbocycles. The molecule has 0 radical (unpaired) electrons. The van der Waals surface area contributed by atoms with Crippen LogP contribution in [0, 0.1) is 0 Å². The second kappa shape index (κ2) is 51.6. The number of hydrogen-bond acceptors (Lipinski definition) is 26. The number of nitrogens with zero attached hydrogens (tertiary/aromatic N) is 16. The first-order chi connectivity index (χ1) is 48.8. The van der Waals surface area contributed by atoms with Gasteiger partial charge in [0.05, 0.1) is 168 Å². The zero-order valence-corrected chi connectivity index (χ0v) is 61.1. The number of ketones is 4. The molecule has 3 rings (SSSR count). The summed E-state index contributed by atoms with van der Waals surface area (Å²) in [5.41, 5.74) is 2.19. The third-order valence-corrected chi connectivity index (χ3v) is 15.3. The van der Waals surface area contributed by atoms with Crippen molar-refractivity contribution in [3.8, 4) is 0 Å². The van der Waals surface area contributed by atoms with Gasteiger partial charge in [-0.2, -0.15) is 0 Å². The molecule has 0 aliphatic heterocycles. The first-order valence-corrected chi connectivity index (χ1v) is 34.3. The third-order valence-electron chi connectivity index (χ3n) is 15.3. The Kier molecular flexibility index (Phi) is 44.4. The topological polar surface area (TPSA) is 411 Å². The Morgan fingerprint density at radius 2 is 0.686 bits per heavy atom. The van der Waals surface area contributed by atoms with Crippen LogP contribution < -0.4 is 16.0 Å². The Bertz CT molecular complexity index is 2920. The first kappa shape index (κ1) is 87.8. The number of ether oxygens (including phenoxy) is 6. The molecule has 3 heterocycles. The molecule has 0 aliphatic rings. The van der Waals surface area contributed by atoms with E-state index < -0.39 is 29.5 Å². The second-order valence-corrected chi connectivity index (χ2v) is 24.6. The molecule has 0 fully saturated rings. The van der Waals surface area contributed by atoms with Crippen molar-refractivity contribution >= 4 is 70.4 Å². The van der Waals surface area contributed by atoms with E-state index in [0.717, 1.165) is 5.69 Å². The molecule has 3 aromatic rings. The monoisotopic (exact) mass is 1440 g/mol. The van der Waals surface area contributed by atoms with Crippen molar-refractivity contribution < 1.29 is 86.0 Å². The maximum Gasteiger partial charge on any atom is 0.242 e. The van der Waals surface area contributed by atoms with Gasteiger partial charge in [0, 0.05) is 133 Å². The van der Waals surface area contributed by atoms with Gasteiger partial charge in [0.1, 0.15) is 17.3 Å². The fourth-order valence-electron chi connectivity index (χ4n) is 9.08. The van der Waals surface area contributed by atoms with Gasteiger partial charge in [0.2, 0.25) is 47.3 Å². The summed E-state index contributed by atoms with van der Waals surface area (Å²) in [5, 5.41) is 32.7. The number of hydrogen-bond donors (Lipinski definition) is 3. The van der Waals surface area contributed by atoms with Gasteiger partial charge in [-0.05, 0) is 46.5 Å². The summed E-state index contributed by atoms with van der Waals surface area (Å²) in [5.74, 6) is -3.17. The molecule has 37 heteroatoms. The lowest BCUT2D eigenvalue weighted by molar-refractivity contribution is -0.140. The van der Waals surface area contributed by atoms with Gasteiger partial charge in [0.15, 0.2) is 5.78 Å². The molecule has 0 spiro atoms. The van der Waals surface area contributed by atoms with Crippen molar-refractivity contribution in [2.75, 3.05) is 207 Å². The average Bonchev–Trinajstić information content (AvgIpc) is 1.43. The maximum absolute atomic E-state index is 13.0. The smallest absolute Gasteiger partial charge is 0.242 e. The largest absolute Gasteiger partial charge is 0.380 e. The molecule has 3 N–H and O–H groups in total. The van der Waals surface area contributed by atoms with Gasteiger partial charge in [-0.1, -0.05) is 15.6 Å². The highest BCUT2D eigenvalue weighted by molar-refractivity contribution is 5.90. The lowest BCUT2D eigenvalue weighted by Crippen LogP contribution is -2.44. The minimum Gasteiger partial charge on any atom is -0.380 e. The van der Waals surface area contributed by atoms with Gasteiger partial charge in [-0.3, -0.25) is 52.7 Å². The Labute approximate surface area is 596 Å². The molecular weight excluding hydrogens is 1330 g/mol. The van der Waals surface area contributed by atoms with Crippen LogP contribution in [-0.4, -0.2) is 356 Å². The molecule has 102 heavy (non-hydrogen) atoms. The quantitative estimate of drug-likeness (QED) is 0.0462. The normalized spacial score (nSPS) is 11.2. The number of aromatic nitrogens is 9. The van der Waals surface area contributed by atoms with Crippen LogP contribution in [0.1, 0.15) is 82.8 Å². The van der Waals surface area contributed by atoms with E-state index in [-0.39, 0.29) is 172 Å². The number of aryl methyl sites for hydroxylation is 4. The summed E-state index contributed by atoms with van der Waals surface area (Å²) in [4.78, 5) is 159. The lowest BCUT2D eigenvalue weighted by atomic mass is 10.2. The van der Waals surface area contributed by atoms with Crippen LogP contribution in [0.25, 0.3) is 0 Å². The fourth-order valence-corrected chi connectivity index (χ4v) is 9.08. The van der Waals surface area contributed by atoms with Crippen LogP contribution in [0.5, 0.6) is 0 Å². The van der Waals surface area contributed by atoms with E-state index >= 15 is 0 Å². The van der Waals surface area contributed by atoms with Gasteiger partial charge in [0.25, 0.3) is 0 Å². The summed E-state index contributed by atoms with van der Waals surface area (Å²) in [6.07, 6.45) is 8.72. The Balaban J connectivity index is 1.37. The number of nitrogens with one attached hydrogen (secondary N) is 3. The van der Waals surface area contributed by atoms with Crippen molar-refractivity contribution in [2.24, 2.45) is 0 Å². The van der Waals surface area contributed by atoms with Crippen molar-refractivity contribution in [1.82, 2.24) is 95.2 Å². The Hall–Kier alpha value is -8.46. The minimum absolute atomic E-state index is 0.0257. The van der Waals surface area contributed by atoms with Crippen LogP contribution in [0.15, 0.2) is 18.6 Å². The summed E-state index contributed by atoms with van der Waals surface area (Å²) in [6, 6.07) is 0. The molecule has 0 aliphatic carbocycles. The highest BCUT2D eigenvalue weighted by atomic mass is 16.5. The van der Waals surface area contributed by atoms with E-state index in [2.05, 4.69) is 46.9 Å². The Morgan fingerprint density at radius 1 is 0.363 bits per heavy atom. The third kappa shape index (κ3) is 41.5. The number of likely N-dealkylation sites (N-methyl/N-ethyl adjacent to an activating group) is 6. The van der Waals surface area contributed by atoms with Crippen molar-refractivity contribution in [2.45, 2.75) is 105 Å². The zero-order valence-electron chi connectivity index (χ0n) is 61.1. The molecule has 572 valence electrons.